The number of hydrazine groups is 1. The van der Waals surface area contributed by atoms with E-state index in [0.717, 1.165) is 0 Å². The maximum absolute atomic E-state index is 11.2. The lowest BCUT2D eigenvalue weighted by Gasteiger charge is -2.08. The van der Waals surface area contributed by atoms with Gasteiger partial charge in [-0.1, -0.05) is 13.8 Å². The minimum atomic E-state index is -0.145. The van der Waals surface area contributed by atoms with Crippen LogP contribution in [-0.4, -0.2) is 9.97 Å². The molecule has 0 aromatic carbocycles. The molecule has 1 rings (SSSR count). The van der Waals surface area contributed by atoms with E-state index in [1.165, 1.54) is 6.33 Å². The molecular weight excluding hydrogens is 156 g/mol. The zero-order valence-electron chi connectivity index (χ0n) is 7.09. The Bertz CT molecular complexity index is 317. The Balaban J connectivity index is 3.30. The molecule has 0 saturated carbocycles. The number of hydrogen-bond donors (Lipinski definition) is 3. The van der Waals surface area contributed by atoms with Crippen LogP contribution in [0.2, 0.25) is 0 Å². The fraction of sp³-hybridized carbons (Fsp3) is 0.429. The second-order valence-corrected chi connectivity index (χ2v) is 2.79. The van der Waals surface area contributed by atoms with E-state index in [-0.39, 0.29) is 11.5 Å². The van der Waals surface area contributed by atoms with Crippen LogP contribution < -0.4 is 16.8 Å². The number of anilines is 1. The highest BCUT2D eigenvalue weighted by Crippen LogP contribution is 2.15. The van der Waals surface area contributed by atoms with Gasteiger partial charge in [0.05, 0.1) is 11.9 Å². The van der Waals surface area contributed by atoms with E-state index in [2.05, 4.69) is 15.4 Å². The SMILES string of the molecule is CC(C)c1c(NN)nc[nH]c1=O. The normalized spacial score (nSPS) is 10.3. The van der Waals surface area contributed by atoms with Crippen molar-refractivity contribution in [3.8, 4) is 0 Å². The molecule has 0 unspecified atom stereocenters. The fourth-order valence-corrected chi connectivity index (χ4v) is 1.06. The van der Waals surface area contributed by atoms with Crippen molar-refractivity contribution in [1.29, 1.82) is 0 Å². The van der Waals surface area contributed by atoms with Gasteiger partial charge in [0.25, 0.3) is 5.56 Å². The van der Waals surface area contributed by atoms with Crippen LogP contribution in [0.3, 0.4) is 0 Å². The number of aromatic amines is 1. The van der Waals surface area contributed by atoms with Crippen LogP contribution in [0.25, 0.3) is 0 Å². The summed E-state index contributed by atoms with van der Waals surface area (Å²) in [6, 6.07) is 0. The highest BCUT2D eigenvalue weighted by molar-refractivity contribution is 5.42. The van der Waals surface area contributed by atoms with Crippen LogP contribution in [0.5, 0.6) is 0 Å². The summed E-state index contributed by atoms with van der Waals surface area (Å²) in [5, 5.41) is 0. The van der Waals surface area contributed by atoms with Gasteiger partial charge in [-0.3, -0.25) is 4.79 Å². The van der Waals surface area contributed by atoms with Crippen molar-refractivity contribution in [3.63, 3.8) is 0 Å². The zero-order valence-corrected chi connectivity index (χ0v) is 7.09. The predicted octanol–water partition coefficient (Wildman–Crippen LogP) is 0.179. The van der Waals surface area contributed by atoms with Crippen LogP contribution in [0, 0.1) is 0 Å². The van der Waals surface area contributed by atoms with E-state index < -0.39 is 0 Å². The van der Waals surface area contributed by atoms with Crippen molar-refractivity contribution in [2.45, 2.75) is 19.8 Å². The van der Waals surface area contributed by atoms with Gasteiger partial charge in [-0.15, -0.1) is 0 Å². The highest BCUT2D eigenvalue weighted by atomic mass is 16.1. The van der Waals surface area contributed by atoms with Crippen LogP contribution in [0.1, 0.15) is 25.3 Å². The predicted molar refractivity (Wildman–Crippen MR) is 46.8 cm³/mol. The van der Waals surface area contributed by atoms with Gasteiger partial charge in [0.2, 0.25) is 0 Å². The van der Waals surface area contributed by atoms with Gasteiger partial charge in [0, 0.05) is 0 Å². The Morgan fingerprint density at radius 1 is 1.67 bits per heavy atom. The average Bonchev–Trinajstić information content (AvgIpc) is 2.03. The second-order valence-electron chi connectivity index (χ2n) is 2.79. The smallest absolute Gasteiger partial charge is 0.256 e. The number of nitrogen functional groups attached to an aromatic ring is 1. The molecule has 0 amide bonds. The van der Waals surface area contributed by atoms with Crippen molar-refractivity contribution >= 4 is 5.82 Å². The summed E-state index contributed by atoms with van der Waals surface area (Å²) in [7, 11) is 0. The average molecular weight is 168 g/mol. The van der Waals surface area contributed by atoms with Gasteiger partial charge < -0.3 is 10.4 Å². The first-order valence-corrected chi connectivity index (χ1v) is 3.71. The molecule has 0 bridgehead atoms. The Morgan fingerprint density at radius 2 is 2.33 bits per heavy atom. The molecule has 1 aromatic heterocycles. The molecular formula is C7H12N4O. The molecule has 12 heavy (non-hydrogen) atoms. The van der Waals surface area contributed by atoms with Crippen molar-refractivity contribution < 1.29 is 0 Å². The third-order valence-corrected chi connectivity index (χ3v) is 1.60. The van der Waals surface area contributed by atoms with Gasteiger partial charge in [-0.2, -0.15) is 0 Å². The van der Waals surface area contributed by atoms with Gasteiger partial charge in [-0.25, -0.2) is 10.8 Å². The monoisotopic (exact) mass is 168 g/mol. The topological polar surface area (TPSA) is 83.8 Å². The highest BCUT2D eigenvalue weighted by Gasteiger charge is 2.10. The number of hydrogen-bond acceptors (Lipinski definition) is 4. The molecule has 0 fully saturated rings. The number of nitrogens with one attached hydrogen (secondary N) is 2. The van der Waals surface area contributed by atoms with Crippen LogP contribution in [0.4, 0.5) is 5.82 Å². The van der Waals surface area contributed by atoms with Gasteiger partial charge >= 0.3 is 0 Å². The molecule has 1 aromatic rings. The molecule has 5 heteroatoms. The minimum absolute atomic E-state index is 0.105. The molecule has 0 aliphatic heterocycles. The summed E-state index contributed by atoms with van der Waals surface area (Å²) in [5.74, 6) is 5.74. The Kier molecular flexibility index (Phi) is 2.44. The lowest BCUT2D eigenvalue weighted by atomic mass is 10.1. The molecule has 0 radical (unpaired) electrons. The van der Waals surface area contributed by atoms with E-state index in [1.807, 2.05) is 13.8 Å². The van der Waals surface area contributed by atoms with Gasteiger partial charge in [0.1, 0.15) is 0 Å². The molecule has 4 N–H and O–H groups in total. The van der Waals surface area contributed by atoms with E-state index in [0.29, 0.717) is 11.4 Å². The number of rotatable bonds is 2. The molecule has 1 heterocycles. The molecule has 0 aliphatic carbocycles. The van der Waals surface area contributed by atoms with Crippen LogP contribution in [-0.2, 0) is 0 Å². The van der Waals surface area contributed by atoms with Gasteiger partial charge in [-0.05, 0) is 5.92 Å². The Morgan fingerprint density at radius 3 is 2.75 bits per heavy atom. The van der Waals surface area contributed by atoms with Crippen molar-refractivity contribution in [2.24, 2.45) is 5.84 Å². The number of H-pyrrole nitrogens is 1. The fourth-order valence-electron chi connectivity index (χ4n) is 1.06. The molecule has 0 saturated heterocycles. The zero-order chi connectivity index (χ0) is 9.14. The summed E-state index contributed by atoms with van der Waals surface area (Å²) in [6.45, 7) is 3.82. The molecule has 5 nitrogen and oxygen atoms in total. The van der Waals surface area contributed by atoms with Crippen molar-refractivity contribution in [3.05, 3.63) is 22.2 Å². The summed E-state index contributed by atoms with van der Waals surface area (Å²) in [6.07, 6.45) is 1.32. The molecule has 0 aliphatic rings. The Hall–Kier alpha value is -1.36. The maximum Gasteiger partial charge on any atom is 0.256 e. The number of aromatic nitrogens is 2. The summed E-state index contributed by atoms with van der Waals surface area (Å²) in [5.41, 5.74) is 2.82. The van der Waals surface area contributed by atoms with Gasteiger partial charge in [0.15, 0.2) is 5.82 Å². The second kappa shape index (κ2) is 3.36. The van der Waals surface area contributed by atoms with Crippen LogP contribution >= 0.6 is 0 Å². The lowest BCUT2D eigenvalue weighted by Crippen LogP contribution is -2.20. The first-order chi connectivity index (χ1) is 5.66. The summed E-state index contributed by atoms with van der Waals surface area (Å²) in [4.78, 5) is 17.6. The lowest BCUT2D eigenvalue weighted by molar-refractivity contribution is 0.831. The summed E-state index contributed by atoms with van der Waals surface area (Å²) >= 11 is 0. The minimum Gasteiger partial charge on any atom is -0.313 e. The molecule has 0 spiro atoms. The van der Waals surface area contributed by atoms with E-state index in [9.17, 15) is 4.79 Å². The number of nitrogens with zero attached hydrogens (tertiary/aromatic N) is 1. The van der Waals surface area contributed by atoms with E-state index in [4.69, 9.17) is 5.84 Å². The third-order valence-electron chi connectivity index (χ3n) is 1.60. The van der Waals surface area contributed by atoms with Crippen molar-refractivity contribution in [1.82, 2.24) is 9.97 Å². The van der Waals surface area contributed by atoms with Crippen molar-refractivity contribution in [2.75, 3.05) is 5.43 Å². The Labute approximate surface area is 70.0 Å². The van der Waals surface area contributed by atoms with E-state index >= 15 is 0 Å². The van der Waals surface area contributed by atoms with Crippen LogP contribution in [0.15, 0.2) is 11.1 Å². The van der Waals surface area contributed by atoms with E-state index in [1.54, 1.807) is 0 Å². The number of nitrogens with two attached hydrogens (primary N) is 1. The summed E-state index contributed by atoms with van der Waals surface area (Å²) < 4.78 is 0. The quantitative estimate of drug-likeness (QED) is 0.434. The maximum atomic E-state index is 11.2. The third kappa shape index (κ3) is 1.45. The standard InChI is InChI=1S/C7H12N4O/c1-4(2)5-6(11-8)9-3-10-7(5)12/h3-4H,8H2,1-2H3,(H2,9,10,11,12). The first-order valence-electron chi connectivity index (χ1n) is 3.71. The first kappa shape index (κ1) is 8.73. The molecule has 0 atom stereocenters. The molecule has 66 valence electrons. The largest absolute Gasteiger partial charge is 0.313 e.